The van der Waals surface area contributed by atoms with Gasteiger partial charge in [-0.15, -0.1) is 10.2 Å². The van der Waals surface area contributed by atoms with Crippen LogP contribution in [0.4, 0.5) is 0 Å². The molecule has 1 fully saturated rings. The second kappa shape index (κ2) is 5.13. The van der Waals surface area contributed by atoms with Gasteiger partial charge in [0.15, 0.2) is 11.8 Å². The summed E-state index contributed by atoms with van der Waals surface area (Å²) in [6.45, 7) is 2.15. The van der Waals surface area contributed by atoms with E-state index in [1.165, 1.54) is 11.2 Å². The zero-order valence-corrected chi connectivity index (χ0v) is 11.3. The van der Waals surface area contributed by atoms with Gasteiger partial charge in [0.2, 0.25) is 0 Å². The highest BCUT2D eigenvalue weighted by Gasteiger charge is 2.33. The van der Waals surface area contributed by atoms with Gasteiger partial charge >= 0.3 is 5.97 Å². The normalized spacial score (nSPS) is 22.4. The maximum absolute atomic E-state index is 12.5. The number of pyridine rings is 1. The molecule has 2 aromatic rings. The van der Waals surface area contributed by atoms with Crippen LogP contribution in [0.5, 0.6) is 0 Å². The van der Waals surface area contributed by atoms with E-state index in [9.17, 15) is 9.59 Å². The van der Waals surface area contributed by atoms with E-state index >= 15 is 0 Å². The molecule has 21 heavy (non-hydrogen) atoms. The Morgan fingerprint density at radius 2 is 2.19 bits per heavy atom. The molecular weight excluding hydrogens is 276 g/mol. The van der Waals surface area contributed by atoms with Crippen LogP contribution in [0.25, 0.3) is 5.65 Å². The van der Waals surface area contributed by atoms with Crippen molar-refractivity contribution < 1.29 is 19.4 Å². The van der Waals surface area contributed by atoms with Crippen molar-refractivity contribution in [2.75, 3.05) is 13.1 Å². The molecule has 3 heterocycles. The number of ether oxygens (including phenoxy) is 1. The first kappa shape index (κ1) is 13.5. The summed E-state index contributed by atoms with van der Waals surface area (Å²) in [6.07, 6.45) is 1.83. The van der Waals surface area contributed by atoms with Crippen LogP contribution in [-0.4, -0.2) is 61.8 Å². The van der Waals surface area contributed by atoms with Crippen LogP contribution in [0, 0.1) is 0 Å². The van der Waals surface area contributed by atoms with E-state index in [0.717, 1.165) is 0 Å². The third kappa shape index (κ3) is 2.57. The number of aromatic nitrogens is 3. The van der Waals surface area contributed by atoms with Crippen LogP contribution in [0.15, 0.2) is 24.7 Å². The van der Waals surface area contributed by atoms with E-state index in [1.54, 1.807) is 29.7 Å². The number of morpholine rings is 1. The quantitative estimate of drug-likeness (QED) is 0.839. The second-order valence-corrected chi connectivity index (χ2v) is 5.00. The monoisotopic (exact) mass is 290 g/mol. The molecule has 8 heteroatoms. The van der Waals surface area contributed by atoms with Crippen molar-refractivity contribution in [2.24, 2.45) is 0 Å². The van der Waals surface area contributed by atoms with Crippen molar-refractivity contribution in [3.05, 3.63) is 30.2 Å². The minimum atomic E-state index is -1.06. The van der Waals surface area contributed by atoms with Crippen molar-refractivity contribution in [1.82, 2.24) is 19.5 Å². The zero-order chi connectivity index (χ0) is 15.0. The van der Waals surface area contributed by atoms with Gasteiger partial charge < -0.3 is 14.7 Å². The highest BCUT2D eigenvalue weighted by Crippen LogP contribution is 2.15. The maximum atomic E-state index is 12.5. The average Bonchev–Trinajstić information content (AvgIpc) is 2.93. The maximum Gasteiger partial charge on any atom is 0.334 e. The molecule has 0 spiro atoms. The topological polar surface area (TPSA) is 97.0 Å². The Balaban J connectivity index is 1.84. The van der Waals surface area contributed by atoms with E-state index in [0.29, 0.717) is 17.8 Å². The Morgan fingerprint density at radius 1 is 1.38 bits per heavy atom. The summed E-state index contributed by atoms with van der Waals surface area (Å²) in [6, 6.07) is 3.35. The van der Waals surface area contributed by atoms with Gasteiger partial charge in [-0.2, -0.15) is 0 Å². The molecule has 0 saturated carbocycles. The van der Waals surface area contributed by atoms with Crippen LogP contribution in [0.2, 0.25) is 0 Å². The number of amides is 1. The van der Waals surface area contributed by atoms with Gasteiger partial charge in [0.25, 0.3) is 5.91 Å². The number of fused-ring (bicyclic) bond motifs is 1. The molecule has 1 aliphatic heterocycles. The van der Waals surface area contributed by atoms with E-state index in [4.69, 9.17) is 9.84 Å². The van der Waals surface area contributed by atoms with Gasteiger partial charge in [0.1, 0.15) is 6.33 Å². The lowest BCUT2D eigenvalue weighted by Crippen LogP contribution is -2.51. The fourth-order valence-corrected chi connectivity index (χ4v) is 2.39. The van der Waals surface area contributed by atoms with Crippen LogP contribution < -0.4 is 0 Å². The smallest absolute Gasteiger partial charge is 0.334 e. The van der Waals surface area contributed by atoms with Gasteiger partial charge in [-0.3, -0.25) is 9.20 Å². The Morgan fingerprint density at radius 3 is 2.95 bits per heavy atom. The number of rotatable bonds is 2. The van der Waals surface area contributed by atoms with Crippen LogP contribution in [0.1, 0.15) is 17.3 Å². The number of carboxylic acids is 1. The van der Waals surface area contributed by atoms with E-state index in [2.05, 4.69) is 10.2 Å². The Labute approximate surface area is 119 Å². The standard InChI is InChI=1S/C13H14N4O4/c1-8-4-16(6-10(21-8)13(19)20)12(18)9-2-3-11-15-14-7-17(11)5-9/h2-3,5,7-8,10H,4,6H2,1H3,(H,19,20)/t8-,10?/m1/s1. The van der Waals surface area contributed by atoms with Crippen molar-refractivity contribution in [3.8, 4) is 0 Å². The van der Waals surface area contributed by atoms with Gasteiger partial charge in [0.05, 0.1) is 18.2 Å². The van der Waals surface area contributed by atoms with Gasteiger partial charge in [0, 0.05) is 12.7 Å². The van der Waals surface area contributed by atoms with Gasteiger partial charge in [-0.25, -0.2) is 4.79 Å². The zero-order valence-electron chi connectivity index (χ0n) is 11.3. The molecule has 8 nitrogen and oxygen atoms in total. The first-order chi connectivity index (χ1) is 10.0. The molecule has 0 bridgehead atoms. The number of aliphatic carboxylic acids is 1. The number of carbonyl (C=O) groups is 2. The molecule has 0 aromatic carbocycles. The molecule has 3 rings (SSSR count). The summed E-state index contributed by atoms with van der Waals surface area (Å²) in [7, 11) is 0. The summed E-state index contributed by atoms with van der Waals surface area (Å²) in [4.78, 5) is 25.1. The number of carboxylic acid groups (broad SMARTS) is 1. The number of hydrogen-bond donors (Lipinski definition) is 1. The molecule has 1 amide bonds. The molecule has 1 N–H and O–H groups in total. The molecule has 1 saturated heterocycles. The molecule has 0 aliphatic carbocycles. The lowest BCUT2D eigenvalue weighted by Gasteiger charge is -2.34. The highest BCUT2D eigenvalue weighted by atomic mass is 16.5. The third-order valence-corrected chi connectivity index (χ3v) is 3.36. The van der Waals surface area contributed by atoms with Crippen LogP contribution >= 0.6 is 0 Å². The summed E-state index contributed by atoms with van der Waals surface area (Å²) in [5.41, 5.74) is 1.10. The van der Waals surface area contributed by atoms with Crippen molar-refractivity contribution >= 4 is 17.5 Å². The van der Waals surface area contributed by atoms with E-state index in [-0.39, 0.29) is 18.6 Å². The summed E-state index contributed by atoms with van der Waals surface area (Å²) < 4.78 is 6.95. The van der Waals surface area contributed by atoms with E-state index in [1.807, 2.05) is 0 Å². The fourth-order valence-electron chi connectivity index (χ4n) is 2.39. The Bertz CT molecular complexity index is 698. The molecule has 1 unspecified atom stereocenters. The first-order valence-electron chi connectivity index (χ1n) is 6.51. The Kier molecular flexibility index (Phi) is 3.30. The van der Waals surface area contributed by atoms with Crippen LogP contribution in [0.3, 0.4) is 0 Å². The van der Waals surface area contributed by atoms with Crippen molar-refractivity contribution in [3.63, 3.8) is 0 Å². The first-order valence-corrected chi connectivity index (χ1v) is 6.51. The third-order valence-electron chi connectivity index (χ3n) is 3.36. The van der Waals surface area contributed by atoms with Crippen molar-refractivity contribution in [1.29, 1.82) is 0 Å². The van der Waals surface area contributed by atoms with Crippen LogP contribution in [-0.2, 0) is 9.53 Å². The predicted octanol–water partition coefficient (Wildman–Crippen LogP) is 0.0434. The lowest BCUT2D eigenvalue weighted by atomic mass is 10.1. The number of carbonyl (C=O) groups excluding carboxylic acids is 1. The average molecular weight is 290 g/mol. The molecule has 2 atom stereocenters. The number of hydrogen-bond acceptors (Lipinski definition) is 5. The molecular formula is C13H14N4O4. The SMILES string of the molecule is C[C@@H]1CN(C(=O)c2ccc3nncn3c2)CC(C(=O)O)O1. The molecule has 1 aliphatic rings. The fraction of sp³-hybridized carbons (Fsp3) is 0.385. The second-order valence-electron chi connectivity index (χ2n) is 5.00. The van der Waals surface area contributed by atoms with Crippen molar-refractivity contribution in [2.45, 2.75) is 19.1 Å². The molecule has 2 aromatic heterocycles. The lowest BCUT2D eigenvalue weighted by molar-refractivity contribution is -0.160. The summed E-state index contributed by atoms with van der Waals surface area (Å²) >= 11 is 0. The molecule has 110 valence electrons. The summed E-state index contributed by atoms with van der Waals surface area (Å²) in [5.74, 6) is -1.29. The van der Waals surface area contributed by atoms with Gasteiger partial charge in [-0.05, 0) is 19.1 Å². The van der Waals surface area contributed by atoms with Gasteiger partial charge in [-0.1, -0.05) is 0 Å². The minimum Gasteiger partial charge on any atom is -0.479 e. The summed E-state index contributed by atoms with van der Waals surface area (Å²) in [5, 5.41) is 16.7. The largest absolute Gasteiger partial charge is 0.479 e. The number of nitrogens with zero attached hydrogens (tertiary/aromatic N) is 4. The van der Waals surface area contributed by atoms with E-state index < -0.39 is 12.1 Å². The molecule has 0 radical (unpaired) electrons. The minimum absolute atomic E-state index is 0.0404. The predicted molar refractivity (Wildman–Crippen MR) is 70.9 cm³/mol. The highest BCUT2D eigenvalue weighted by molar-refractivity contribution is 5.94. The Hall–Kier alpha value is -2.48.